The van der Waals surface area contributed by atoms with Crippen molar-refractivity contribution in [3.05, 3.63) is 60.1 Å². The molecule has 0 spiro atoms. The average molecular weight is 552 g/mol. The van der Waals surface area contributed by atoms with Crippen LogP contribution in [0.25, 0.3) is 0 Å². The minimum atomic E-state index is -0.958. The summed E-state index contributed by atoms with van der Waals surface area (Å²) in [5, 5.41) is 22.0. The molecule has 4 amide bonds. The molecule has 3 heterocycles. The Morgan fingerprint density at radius 2 is 1.93 bits per heavy atom. The normalized spacial score (nSPS) is 20.9. The molecule has 1 aliphatic rings. The first kappa shape index (κ1) is 28.4. The monoisotopic (exact) mass is 551 g/mol. The van der Waals surface area contributed by atoms with E-state index in [0.717, 1.165) is 5.56 Å². The minimum Gasteiger partial charge on any atom is -0.446 e. The molecule has 3 atom stereocenters. The van der Waals surface area contributed by atoms with Gasteiger partial charge in [-0.2, -0.15) is 0 Å². The summed E-state index contributed by atoms with van der Waals surface area (Å²) in [6.45, 7) is 3.94. The third-order valence-electron chi connectivity index (χ3n) is 6.45. The quantitative estimate of drug-likeness (QED) is 0.334. The van der Waals surface area contributed by atoms with Gasteiger partial charge in [0.2, 0.25) is 23.6 Å². The highest BCUT2D eigenvalue weighted by atomic mass is 16.3. The van der Waals surface area contributed by atoms with Gasteiger partial charge in [0, 0.05) is 13.0 Å². The molecule has 0 fully saturated rings. The van der Waals surface area contributed by atoms with Gasteiger partial charge >= 0.3 is 0 Å². The summed E-state index contributed by atoms with van der Waals surface area (Å²) in [6, 6.07) is 6.76. The molecule has 1 aliphatic heterocycles. The van der Waals surface area contributed by atoms with E-state index in [2.05, 4.69) is 41.8 Å². The second-order valence-corrected chi connectivity index (χ2v) is 9.93. The average Bonchev–Trinajstić information content (AvgIpc) is 3.63. The Balaban J connectivity index is 1.59. The molecule has 4 N–H and O–H groups in total. The molecule has 0 aliphatic carbocycles. The lowest BCUT2D eigenvalue weighted by Crippen LogP contribution is -2.55. The first-order valence-electron chi connectivity index (χ1n) is 13.2. The highest BCUT2D eigenvalue weighted by molar-refractivity contribution is 5.93. The first-order valence-corrected chi connectivity index (χ1v) is 13.2. The molecule has 2 bridgehead atoms. The number of carbonyl (C=O) groups is 4. The minimum absolute atomic E-state index is 0.115. The molecule has 40 heavy (non-hydrogen) atoms. The van der Waals surface area contributed by atoms with Gasteiger partial charge < -0.3 is 25.7 Å². The third-order valence-corrected chi connectivity index (χ3v) is 6.45. The largest absolute Gasteiger partial charge is 0.446 e. The zero-order valence-electron chi connectivity index (χ0n) is 22.4. The van der Waals surface area contributed by atoms with E-state index in [0.29, 0.717) is 19.4 Å². The Morgan fingerprint density at radius 3 is 2.65 bits per heavy atom. The Kier molecular flexibility index (Phi) is 9.54. The standard InChI is InChI=1S/C26H33N9O5/c1-16(2)22-26-31-20(14-40-26)23(37)27-11-7-6-10-18(29-21(36)13-35-15-28-33-34-35)24(38)30-19(25(39)32-22)12-17-8-4-3-5-9-17/h3-5,8-9,14-16,18-19,22H,6-7,10-13H2,1-2H3,(H,27,37)(H,29,36)(H,30,38)(H,32,39)/t18-,19-,22-/m0/s1. The van der Waals surface area contributed by atoms with Crippen molar-refractivity contribution >= 4 is 23.6 Å². The van der Waals surface area contributed by atoms with Crippen molar-refractivity contribution in [2.75, 3.05) is 6.54 Å². The predicted octanol–water partition coefficient (Wildman–Crippen LogP) is 0.301. The zero-order chi connectivity index (χ0) is 28.5. The lowest BCUT2D eigenvalue weighted by molar-refractivity contribution is -0.132. The molecule has 4 rings (SSSR count). The van der Waals surface area contributed by atoms with Crippen molar-refractivity contribution in [2.45, 2.75) is 64.2 Å². The van der Waals surface area contributed by atoms with E-state index < -0.39 is 41.8 Å². The Labute approximate surface area is 230 Å². The van der Waals surface area contributed by atoms with Crippen molar-refractivity contribution < 1.29 is 23.6 Å². The maximum absolute atomic E-state index is 13.6. The molecule has 14 nitrogen and oxygen atoms in total. The molecule has 14 heteroatoms. The van der Waals surface area contributed by atoms with Crippen molar-refractivity contribution in [3.63, 3.8) is 0 Å². The van der Waals surface area contributed by atoms with E-state index in [-0.39, 0.29) is 36.9 Å². The Bertz CT molecular complexity index is 1290. The summed E-state index contributed by atoms with van der Waals surface area (Å²) in [5.74, 6) is -1.76. The molecule has 1 aromatic carbocycles. The number of carbonyl (C=O) groups excluding carboxylic acids is 4. The Morgan fingerprint density at radius 1 is 1.12 bits per heavy atom. The number of rotatable bonds is 6. The van der Waals surface area contributed by atoms with E-state index in [4.69, 9.17) is 4.42 Å². The van der Waals surface area contributed by atoms with Crippen LogP contribution in [-0.2, 0) is 27.3 Å². The third kappa shape index (κ3) is 7.71. The Hall–Kier alpha value is -4.62. The van der Waals surface area contributed by atoms with Crippen molar-refractivity contribution in [1.82, 2.24) is 46.5 Å². The fraction of sp³-hybridized carbons (Fsp3) is 0.462. The van der Waals surface area contributed by atoms with Gasteiger partial charge in [-0.3, -0.25) is 19.2 Å². The maximum atomic E-state index is 13.6. The fourth-order valence-corrected chi connectivity index (χ4v) is 4.31. The van der Waals surface area contributed by atoms with Crippen LogP contribution < -0.4 is 21.3 Å². The van der Waals surface area contributed by atoms with Crippen LogP contribution in [0.4, 0.5) is 0 Å². The number of fused-ring (bicyclic) bond motifs is 2. The van der Waals surface area contributed by atoms with Gasteiger partial charge in [0.1, 0.15) is 37.3 Å². The SMILES string of the molecule is CC(C)[C@@H]1NC(=O)[C@H](Cc2ccccc2)NC(=O)[C@@H](NC(=O)Cn2cnnn2)CCCCNC(=O)c2coc1n2. The first-order chi connectivity index (χ1) is 19.3. The fourth-order valence-electron chi connectivity index (χ4n) is 4.31. The molecule has 0 saturated carbocycles. The summed E-state index contributed by atoms with van der Waals surface area (Å²) in [5.41, 5.74) is 0.955. The van der Waals surface area contributed by atoms with Crippen LogP contribution in [0.2, 0.25) is 0 Å². The number of amides is 4. The number of aromatic nitrogens is 5. The zero-order valence-corrected chi connectivity index (χ0v) is 22.4. The van der Waals surface area contributed by atoms with Gasteiger partial charge in [-0.05, 0) is 41.2 Å². The molecule has 212 valence electrons. The molecular weight excluding hydrogens is 518 g/mol. The highest BCUT2D eigenvalue weighted by Gasteiger charge is 2.31. The molecule has 0 unspecified atom stereocenters. The summed E-state index contributed by atoms with van der Waals surface area (Å²) in [4.78, 5) is 56.7. The van der Waals surface area contributed by atoms with Gasteiger partial charge in [0.25, 0.3) is 5.91 Å². The second-order valence-electron chi connectivity index (χ2n) is 9.93. The van der Waals surface area contributed by atoms with Crippen LogP contribution in [0, 0.1) is 5.92 Å². The van der Waals surface area contributed by atoms with Crippen molar-refractivity contribution in [3.8, 4) is 0 Å². The number of nitrogens with zero attached hydrogens (tertiary/aromatic N) is 5. The lowest BCUT2D eigenvalue weighted by atomic mass is 10.0. The van der Waals surface area contributed by atoms with Crippen molar-refractivity contribution in [1.29, 1.82) is 0 Å². The molecule has 0 saturated heterocycles. The molecule has 2 aromatic heterocycles. The number of tetrazole rings is 1. The number of hydrogen-bond donors (Lipinski definition) is 4. The number of hydrogen-bond acceptors (Lipinski definition) is 9. The van der Waals surface area contributed by atoms with E-state index >= 15 is 0 Å². The van der Waals surface area contributed by atoms with Crippen LogP contribution in [-0.4, -0.2) is 67.4 Å². The maximum Gasteiger partial charge on any atom is 0.273 e. The molecular formula is C26H33N9O5. The number of oxazole rings is 1. The van der Waals surface area contributed by atoms with E-state index in [9.17, 15) is 19.2 Å². The van der Waals surface area contributed by atoms with Gasteiger partial charge in [-0.1, -0.05) is 44.2 Å². The van der Waals surface area contributed by atoms with Gasteiger partial charge in [-0.25, -0.2) is 9.67 Å². The topological polar surface area (TPSA) is 186 Å². The van der Waals surface area contributed by atoms with Crippen LogP contribution in [0.3, 0.4) is 0 Å². The van der Waals surface area contributed by atoms with E-state index in [1.165, 1.54) is 17.3 Å². The molecule has 0 radical (unpaired) electrons. The highest BCUT2D eigenvalue weighted by Crippen LogP contribution is 2.22. The summed E-state index contributed by atoms with van der Waals surface area (Å²) >= 11 is 0. The summed E-state index contributed by atoms with van der Waals surface area (Å²) < 4.78 is 6.81. The van der Waals surface area contributed by atoms with Crippen LogP contribution in [0.5, 0.6) is 0 Å². The van der Waals surface area contributed by atoms with E-state index in [1.807, 2.05) is 44.2 Å². The summed E-state index contributed by atoms with van der Waals surface area (Å²) in [7, 11) is 0. The van der Waals surface area contributed by atoms with Gasteiger partial charge in [0.15, 0.2) is 5.69 Å². The van der Waals surface area contributed by atoms with Crippen LogP contribution >= 0.6 is 0 Å². The number of nitrogens with one attached hydrogen (secondary N) is 4. The van der Waals surface area contributed by atoms with Gasteiger partial charge in [-0.15, -0.1) is 5.10 Å². The lowest BCUT2D eigenvalue weighted by Gasteiger charge is -2.26. The van der Waals surface area contributed by atoms with Crippen LogP contribution in [0.1, 0.15) is 61.1 Å². The number of benzene rings is 1. The smallest absolute Gasteiger partial charge is 0.273 e. The molecule has 3 aromatic rings. The van der Waals surface area contributed by atoms with E-state index in [1.54, 1.807) is 0 Å². The second kappa shape index (κ2) is 13.4. The predicted molar refractivity (Wildman–Crippen MR) is 140 cm³/mol. The van der Waals surface area contributed by atoms with Gasteiger partial charge in [0.05, 0.1) is 0 Å². The summed E-state index contributed by atoms with van der Waals surface area (Å²) in [6.07, 6.45) is 4.12. The van der Waals surface area contributed by atoms with Crippen LogP contribution in [0.15, 0.2) is 47.3 Å². The van der Waals surface area contributed by atoms with Crippen molar-refractivity contribution in [2.24, 2.45) is 5.92 Å².